The Labute approximate surface area is 167 Å². The van der Waals surface area contributed by atoms with Gasteiger partial charge in [-0.1, -0.05) is 30.3 Å². The Bertz CT molecular complexity index is 747. The molecule has 2 N–H and O–H groups in total. The van der Waals surface area contributed by atoms with E-state index in [1.165, 1.54) is 7.11 Å². The van der Waals surface area contributed by atoms with Gasteiger partial charge in [-0.05, 0) is 55.5 Å². The number of benzene rings is 1. The van der Waals surface area contributed by atoms with Crippen molar-refractivity contribution < 1.29 is 18.7 Å². The molecule has 0 amide bonds. The molecule has 4 nitrogen and oxygen atoms in total. The standard InChI is InChI=1S/C21H28FNO3.ClH/c1-6-26-20(24)12-19(23)18-11-17(16-10-8-7-9-13(16)2)14(3)15(4)21(18,22)25-5;/h7-11,18-19H,6,12,23H2,1-5H3;1H. The van der Waals surface area contributed by atoms with Crippen molar-refractivity contribution in [3.05, 3.63) is 52.6 Å². The minimum absolute atomic E-state index is 0. The second-order valence-corrected chi connectivity index (χ2v) is 6.69. The van der Waals surface area contributed by atoms with Crippen LogP contribution in [0.4, 0.5) is 4.39 Å². The van der Waals surface area contributed by atoms with Crippen molar-refractivity contribution in [3.8, 4) is 0 Å². The Morgan fingerprint density at radius 2 is 1.93 bits per heavy atom. The molecule has 6 heteroatoms. The Balaban J connectivity index is 0.00000364. The molecule has 0 saturated heterocycles. The van der Waals surface area contributed by atoms with Gasteiger partial charge < -0.3 is 15.2 Å². The van der Waals surface area contributed by atoms with Gasteiger partial charge in [0.05, 0.1) is 18.9 Å². The van der Waals surface area contributed by atoms with Gasteiger partial charge in [-0.25, -0.2) is 4.39 Å². The summed E-state index contributed by atoms with van der Waals surface area (Å²) in [6.07, 6.45) is 1.73. The van der Waals surface area contributed by atoms with E-state index in [2.05, 4.69) is 0 Å². The molecule has 2 rings (SSSR count). The van der Waals surface area contributed by atoms with Gasteiger partial charge in [-0.3, -0.25) is 4.79 Å². The van der Waals surface area contributed by atoms with Crippen LogP contribution in [0.1, 0.15) is 38.3 Å². The highest BCUT2D eigenvalue weighted by atomic mass is 35.5. The molecule has 3 unspecified atom stereocenters. The third-order valence-electron chi connectivity index (χ3n) is 5.15. The van der Waals surface area contributed by atoms with E-state index in [0.717, 1.165) is 22.3 Å². The van der Waals surface area contributed by atoms with Crippen LogP contribution in [0.15, 0.2) is 41.5 Å². The Hall–Kier alpha value is -1.69. The van der Waals surface area contributed by atoms with E-state index in [4.69, 9.17) is 15.2 Å². The molecular formula is C21H29ClFNO3. The van der Waals surface area contributed by atoms with Crippen LogP contribution in [0.5, 0.6) is 0 Å². The van der Waals surface area contributed by atoms with E-state index >= 15 is 4.39 Å². The Kier molecular flexibility index (Phi) is 8.21. The predicted octanol–water partition coefficient (Wildman–Crippen LogP) is 4.36. The summed E-state index contributed by atoms with van der Waals surface area (Å²) in [6, 6.07) is 7.17. The molecule has 0 saturated carbocycles. The predicted molar refractivity (Wildman–Crippen MR) is 108 cm³/mol. The summed E-state index contributed by atoms with van der Waals surface area (Å²) in [4.78, 5) is 11.8. The molecule has 0 aliphatic heterocycles. The van der Waals surface area contributed by atoms with Crippen LogP contribution in [0.3, 0.4) is 0 Å². The van der Waals surface area contributed by atoms with E-state index in [1.54, 1.807) is 19.9 Å². The van der Waals surface area contributed by atoms with Crippen molar-refractivity contribution in [1.29, 1.82) is 0 Å². The van der Waals surface area contributed by atoms with Crippen LogP contribution in [0.2, 0.25) is 0 Å². The van der Waals surface area contributed by atoms with Crippen molar-refractivity contribution in [2.75, 3.05) is 13.7 Å². The number of aryl methyl sites for hydroxylation is 1. The lowest BCUT2D eigenvalue weighted by molar-refractivity contribution is -0.147. The van der Waals surface area contributed by atoms with E-state index in [-0.39, 0.29) is 25.4 Å². The lowest BCUT2D eigenvalue weighted by Crippen LogP contribution is -2.48. The summed E-state index contributed by atoms with van der Waals surface area (Å²) in [5, 5.41) is 0. The highest BCUT2D eigenvalue weighted by Gasteiger charge is 2.47. The summed E-state index contributed by atoms with van der Waals surface area (Å²) >= 11 is 0. The molecule has 1 aliphatic carbocycles. The third-order valence-corrected chi connectivity index (χ3v) is 5.15. The highest BCUT2D eigenvalue weighted by Crippen LogP contribution is 2.45. The number of allylic oxidation sites excluding steroid dienone is 2. The first-order valence-electron chi connectivity index (χ1n) is 8.87. The van der Waals surface area contributed by atoms with Crippen LogP contribution in [-0.4, -0.2) is 31.6 Å². The number of ether oxygens (including phenoxy) is 2. The van der Waals surface area contributed by atoms with E-state index in [9.17, 15) is 4.79 Å². The minimum atomic E-state index is -2.05. The molecule has 0 heterocycles. The number of rotatable bonds is 6. The van der Waals surface area contributed by atoms with Crippen LogP contribution >= 0.6 is 12.4 Å². The van der Waals surface area contributed by atoms with Crippen molar-refractivity contribution in [2.24, 2.45) is 11.7 Å². The topological polar surface area (TPSA) is 61.5 Å². The monoisotopic (exact) mass is 397 g/mol. The molecule has 0 aromatic heterocycles. The Morgan fingerprint density at radius 1 is 1.30 bits per heavy atom. The zero-order valence-corrected chi connectivity index (χ0v) is 17.4. The number of halogens is 2. The molecule has 27 heavy (non-hydrogen) atoms. The zero-order valence-electron chi connectivity index (χ0n) is 16.5. The molecule has 0 fully saturated rings. The number of hydrogen-bond donors (Lipinski definition) is 1. The van der Waals surface area contributed by atoms with Crippen LogP contribution in [-0.2, 0) is 14.3 Å². The molecule has 150 valence electrons. The zero-order chi connectivity index (χ0) is 19.5. The Morgan fingerprint density at radius 3 is 2.48 bits per heavy atom. The number of hydrogen-bond acceptors (Lipinski definition) is 4. The molecular weight excluding hydrogens is 369 g/mol. The van der Waals surface area contributed by atoms with Gasteiger partial charge in [0.2, 0.25) is 5.85 Å². The van der Waals surface area contributed by atoms with Gasteiger partial charge in [0.1, 0.15) is 0 Å². The molecule has 1 aliphatic rings. The fraction of sp³-hybridized carbons (Fsp3) is 0.476. The lowest BCUT2D eigenvalue weighted by Gasteiger charge is -2.40. The largest absolute Gasteiger partial charge is 0.466 e. The summed E-state index contributed by atoms with van der Waals surface area (Å²) in [7, 11) is 1.33. The number of esters is 1. The maximum absolute atomic E-state index is 15.7. The molecule has 1 aromatic carbocycles. The van der Waals surface area contributed by atoms with Crippen LogP contribution in [0, 0.1) is 12.8 Å². The second-order valence-electron chi connectivity index (χ2n) is 6.69. The van der Waals surface area contributed by atoms with Gasteiger partial charge in [0, 0.05) is 13.2 Å². The number of alkyl halides is 1. The van der Waals surface area contributed by atoms with E-state index in [0.29, 0.717) is 5.57 Å². The van der Waals surface area contributed by atoms with Crippen LogP contribution in [0.25, 0.3) is 5.57 Å². The molecule has 0 spiro atoms. The smallest absolute Gasteiger partial charge is 0.307 e. The molecule has 0 bridgehead atoms. The normalized spacial score (nSPS) is 23.4. The number of carbonyl (C=O) groups is 1. The number of carbonyl (C=O) groups excluding carboxylic acids is 1. The molecule has 1 aromatic rings. The van der Waals surface area contributed by atoms with Gasteiger partial charge in [0.25, 0.3) is 0 Å². The second kappa shape index (κ2) is 9.49. The van der Waals surface area contributed by atoms with Crippen LogP contribution < -0.4 is 5.73 Å². The maximum Gasteiger partial charge on any atom is 0.307 e. The maximum atomic E-state index is 15.7. The summed E-state index contributed by atoms with van der Waals surface area (Å²) in [5.74, 6) is -3.29. The van der Waals surface area contributed by atoms with Gasteiger partial charge in [0.15, 0.2) is 0 Å². The first kappa shape index (κ1) is 23.3. The van der Waals surface area contributed by atoms with Crippen molar-refractivity contribution >= 4 is 23.9 Å². The molecule has 3 atom stereocenters. The minimum Gasteiger partial charge on any atom is -0.466 e. The average molecular weight is 398 g/mol. The van der Waals surface area contributed by atoms with E-state index < -0.39 is 23.8 Å². The van der Waals surface area contributed by atoms with Crippen molar-refractivity contribution in [1.82, 2.24) is 0 Å². The molecule has 0 radical (unpaired) electrons. The summed E-state index contributed by atoms with van der Waals surface area (Å²) < 4.78 is 25.9. The quantitative estimate of drug-likeness (QED) is 0.724. The summed E-state index contributed by atoms with van der Waals surface area (Å²) in [5.41, 5.74) is 10.6. The fourth-order valence-electron chi connectivity index (χ4n) is 3.51. The van der Waals surface area contributed by atoms with Gasteiger partial charge in [-0.15, -0.1) is 12.4 Å². The van der Waals surface area contributed by atoms with Gasteiger partial charge in [-0.2, -0.15) is 0 Å². The van der Waals surface area contributed by atoms with Crippen molar-refractivity contribution in [2.45, 2.75) is 46.0 Å². The fourth-order valence-corrected chi connectivity index (χ4v) is 3.51. The van der Waals surface area contributed by atoms with Gasteiger partial charge >= 0.3 is 5.97 Å². The highest BCUT2D eigenvalue weighted by molar-refractivity contribution is 5.85. The number of methoxy groups -OCH3 is 1. The first-order chi connectivity index (χ1) is 12.3. The average Bonchev–Trinajstić information content (AvgIpc) is 2.61. The summed E-state index contributed by atoms with van der Waals surface area (Å²) in [6.45, 7) is 7.61. The number of nitrogens with two attached hydrogens (primary N) is 1. The third kappa shape index (κ3) is 4.60. The lowest BCUT2D eigenvalue weighted by atomic mass is 9.75. The first-order valence-corrected chi connectivity index (χ1v) is 8.87. The van der Waals surface area contributed by atoms with E-state index in [1.807, 2.05) is 38.1 Å². The SMILES string of the molecule is CCOC(=O)CC(N)C1C=C(c2ccccc2C)C(C)=C(C)C1(F)OC.Cl. The van der Waals surface area contributed by atoms with Crippen molar-refractivity contribution in [3.63, 3.8) is 0 Å².